The Bertz CT molecular complexity index is 741. The molecular weight excluding hydrogens is 298 g/mol. The average molecular weight is 319 g/mol. The zero-order valence-corrected chi connectivity index (χ0v) is 13.9. The molecule has 5 heteroatoms. The number of hydrogen-bond acceptors (Lipinski definition) is 3. The van der Waals surface area contributed by atoms with E-state index >= 15 is 0 Å². The third-order valence-electron chi connectivity index (χ3n) is 3.40. The molecule has 0 aliphatic heterocycles. The van der Waals surface area contributed by atoms with Crippen LogP contribution in [0.5, 0.6) is 5.75 Å². The molecule has 118 valence electrons. The number of nitrogens with one attached hydrogen (secondary N) is 1. The van der Waals surface area contributed by atoms with Crippen LogP contribution >= 0.6 is 0 Å². The van der Waals surface area contributed by atoms with Crippen molar-refractivity contribution >= 4 is 10.0 Å². The molecule has 0 saturated carbocycles. The van der Waals surface area contributed by atoms with E-state index in [1.54, 1.807) is 7.11 Å². The molecule has 22 heavy (non-hydrogen) atoms. The lowest BCUT2D eigenvalue weighted by Crippen LogP contribution is -2.28. The van der Waals surface area contributed by atoms with E-state index in [1.165, 1.54) is 0 Å². The van der Waals surface area contributed by atoms with Gasteiger partial charge in [-0.25, -0.2) is 13.1 Å². The first-order valence-corrected chi connectivity index (χ1v) is 8.75. The number of rotatable bonds is 6. The van der Waals surface area contributed by atoms with Gasteiger partial charge in [0, 0.05) is 11.6 Å². The third kappa shape index (κ3) is 4.32. The highest BCUT2D eigenvalue weighted by Crippen LogP contribution is 2.25. The second kappa shape index (κ2) is 6.94. The van der Waals surface area contributed by atoms with Crippen molar-refractivity contribution in [3.63, 3.8) is 0 Å². The Morgan fingerprint density at radius 1 is 1.14 bits per heavy atom. The maximum atomic E-state index is 12.3. The van der Waals surface area contributed by atoms with Crippen LogP contribution in [-0.2, 0) is 15.8 Å². The Hall–Kier alpha value is -1.85. The van der Waals surface area contributed by atoms with Gasteiger partial charge in [0.05, 0.1) is 12.9 Å². The third-order valence-corrected chi connectivity index (χ3v) is 4.83. The van der Waals surface area contributed by atoms with Crippen LogP contribution in [-0.4, -0.2) is 15.5 Å². The number of para-hydroxylation sites is 1. The first-order valence-electron chi connectivity index (χ1n) is 7.10. The molecule has 0 aromatic heterocycles. The minimum Gasteiger partial charge on any atom is -0.496 e. The monoisotopic (exact) mass is 319 g/mol. The summed E-state index contributed by atoms with van der Waals surface area (Å²) in [5.74, 6) is 0.641. The molecule has 2 aromatic rings. The molecular formula is C17H21NO3S. The molecule has 4 nitrogen and oxygen atoms in total. The molecule has 0 spiro atoms. The fraction of sp³-hybridized carbons (Fsp3) is 0.294. The van der Waals surface area contributed by atoms with Crippen LogP contribution < -0.4 is 9.46 Å². The van der Waals surface area contributed by atoms with Crippen molar-refractivity contribution in [2.45, 2.75) is 25.6 Å². The summed E-state index contributed by atoms with van der Waals surface area (Å²) in [7, 11) is -1.85. The molecule has 1 N–H and O–H groups in total. The Morgan fingerprint density at radius 2 is 1.86 bits per heavy atom. The highest BCUT2D eigenvalue weighted by molar-refractivity contribution is 7.88. The van der Waals surface area contributed by atoms with Gasteiger partial charge < -0.3 is 4.74 Å². The smallest absolute Gasteiger partial charge is 0.216 e. The molecule has 0 amide bonds. The van der Waals surface area contributed by atoms with Crippen LogP contribution in [0.25, 0.3) is 0 Å². The van der Waals surface area contributed by atoms with Crippen molar-refractivity contribution in [1.29, 1.82) is 0 Å². The topological polar surface area (TPSA) is 55.4 Å². The number of sulfonamides is 1. The van der Waals surface area contributed by atoms with Gasteiger partial charge in [0.25, 0.3) is 0 Å². The maximum absolute atomic E-state index is 12.3. The van der Waals surface area contributed by atoms with Crippen molar-refractivity contribution in [2.75, 3.05) is 7.11 Å². The van der Waals surface area contributed by atoms with Crippen molar-refractivity contribution in [2.24, 2.45) is 0 Å². The van der Waals surface area contributed by atoms with E-state index in [0.717, 1.165) is 16.7 Å². The maximum Gasteiger partial charge on any atom is 0.216 e. The van der Waals surface area contributed by atoms with Crippen molar-refractivity contribution < 1.29 is 13.2 Å². The lowest BCUT2D eigenvalue weighted by Gasteiger charge is -2.17. The van der Waals surface area contributed by atoms with Gasteiger partial charge in [-0.05, 0) is 25.5 Å². The zero-order chi connectivity index (χ0) is 16.2. The number of methoxy groups -OCH3 is 1. The van der Waals surface area contributed by atoms with Gasteiger partial charge in [0.2, 0.25) is 10.0 Å². The molecule has 0 radical (unpaired) electrons. The van der Waals surface area contributed by atoms with Crippen molar-refractivity contribution in [3.05, 3.63) is 65.2 Å². The fourth-order valence-electron chi connectivity index (χ4n) is 2.42. The molecule has 0 bridgehead atoms. The van der Waals surface area contributed by atoms with Gasteiger partial charge in [-0.1, -0.05) is 48.0 Å². The molecule has 0 aliphatic rings. The number of ether oxygens (including phenoxy) is 1. The van der Waals surface area contributed by atoms with E-state index in [-0.39, 0.29) is 11.8 Å². The predicted octanol–water partition coefficient (Wildman–Crippen LogP) is 3.18. The second-order valence-electron chi connectivity index (χ2n) is 5.33. The van der Waals surface area contributed by atoms with Crippen LogP contribution in [0, 0.1) is 6.92 Å². The number of hydrogen-bond donors (Lipinski definition) is 1. The van der Waals surface area contributed by atoms with E-state index in [1.807, 2.05) is 62.4 Å². The molecule has 1 atom stereocenters. The van der Waals surface area contributed by atoms with E-state index in [4.69, 9.17) is 4.74 Å². The van der Waals surface area contributed by atoms with Gasteiger partial charge in [-0.15, -0.1) is 0 Å². The van der Waals surface area contributed by atoms with E-state index in [2.05, 4.69) is 4.72 Å². The SMILES string of the molecule is COc1ccccc1C(C)NS(=O)(=O)Cc1cccc(C)c1. The molecule has 0 aliphatic carbocycles. The summed E-state index contributed by atoms with van der Waals surface area (Å²) in [5, 5.41) is 0. The molecule has 2 rings (SSSR count). The normalized spacial score (nSPS) is 12.9. The molecule has 2 aromatic carbocycles. The first kappa shape index (κ1) is 16.5. The molecule has 0 heterocycles. The zero-order valence-electron chi connectivity index (χ0n) is 13.0. The van der Waals surface area contributed by atoms with Crippen LogP contribution in [0.3, 0.4) is 0 Å². The lowest BCUT2D eigenvalue weighted by atomic mass is 10.1. The lowest BCUT2D eigenvalue weighted by molar-refractivity contribution is 0.405. The standard InChI is InChI=1S/C17H21NO3S/c1-13-7-6-8-15(11-13)12-22(19,20)18-14(2)16-9-4-5-10-17(16)21-3/h4-11,14,18H,12H2,1-3H3. The largest absolute Gasteiger partial charge is 0.496 e. The summed E-state index contributed by atoms with van der Waals surface area (Å²) in [6, 6.07) is 14.6. The van der Waals surface area contributed by atoms with E-state index in [9.17, 15) is 8.42 Å². The molecule has 1 unspecified atom stereocenters. The van der Waals surface area contributed by atoms with Gasteiger partial charge in [-0.2, -0.15) is 0 Å². The summed E-state index contributed by atoms with van der Waals surface area (Å²) in [6.07, 6.45) is 0. The summed E-state index contributed by atoms with van der Waals surface area (Å²) >= 11 is 0. The predicted molar refractivity (Wildman–Crippen MR) is 88.3 cm³/mol. The minimum absolute atomic E-state index is 0.0336. The Kier molecular flexibility index (Phi) is 5.21. The number of benzene rings is 2. The summed E-state index contributed by atoms with van der Waals surface area (Å²) in [4.78, 5) is 0. The van der Waals surface area contributed by atoms with Gasteiger partial charge in [0.1, 0.15) is 5.75 Å². The Labute approximate surface area is 132 Å². The summed E-state index contributed by atoms with van der Waals surface area (Å²) in [6.45, 7) is 3.76. The van der Waals surface area contributed by atoms with Gasteiger partial charge >= 0.3 is 0 Å². The molecule has 0 saturated heterocycles. The van der Waals surface area contributed by atoms with Gasteiger partial charge in [0.15, 0.2) is 0 Å². The van der Waals surface area contributed by atoms with Crippen molar-refractivity contribution in [1.82, 2.24) is 4.72 Å². The first-order chi connectivity index (χ1) is 10.4. The van der Waals surface area contributed by atoms with E-state index in [0.29, 0.717) is 5.75 Å². The average Bonchev–Trinajstić information content (AvgIpc) is 2.46. The van der Waals surface area contributed by atoms with Crippen molar-refractivity contribution in [3.8, 4) is 5.75 Å². The van der Waals surface area contributed by atoms with Gasteiger partial charge in [-0.3, -0.25) is 0 Å². The highest BCUT2D eigenvalue weighted by Gasteiger charge is 2.18. The highest BCUT2D eigenvalue weighted by atomic mass is 32.2. The Balaban J connectivity index is 2.14. The fourth-order valence-corrected chi connectivity index (χ4v) is 3.79. The number of aryl methyl sites for hydroxylation is 1. The van der Waals surface area contributed by atoms with Crippen LogP contribution in [0.4, 0.5) is 0 Å². The quantitative estimate of drug-likeness (QED) is 0.889. The second-order valence-corrected chi connectivity index (χ2v) is 7.08. The minimum atomic E-state index is -3.43. The van der Waals surface area contributed by atoms with Crippen LogP contribution in [0.15, 0.2) is 48.5 Å². The van der Waals surface area contributed by atoms with Crippen LogP contribution in [0.1, 0.15) is 29.7 Å². The van der Waals surface area contributed by atoms with Crippen LogP contribution in [0.2, 0.25) is 0 Å². The summed E-state index contributed by atoms with van der Waals surface area (Å²) < 4.78 is 32.7. The Morgan fingerprint density at radius 3 is 2.55 bits per heavy atom. The van der Waals surface area contributed by atoms with E-state index < -0.39 is 10.0 Å². The molecule has 0 fully saturated rings. The summed E-state index contributed by atoms with van der Waals surface area (Å²) in [5.41, 5.74) is 2.64.